The molecule has 1 unspecified atom stereocenters. The van der Waals surface area contributed by atoms with Crippen molar-refractivity contribution in [2.75, 3.05) is 94.9 Å². The molecular weight excluding hydrogens is 763 g/mol. The molecule has 1 atom stereocenters. The SMILES string of the molecule is CC1(Oc2ccc3[nH]nc(-c4cc(N5CCN(CCN6CCC(CN7CCN(c8ccc9c(c8)C(=O)N(C8CCC(=O)NC8=O)C9=O)CC7)CC6)CC5)ncn4)c3c2)CC1.[HH].[HH]. The Morgan fingerprint density at radius 3 is 2.23 bits per heavy atom. The molecule has 5 aliphatic heterocycles. The van der Waals surface area contributed by atoms with Crippen LogP contribution in [0.5, 0.6) is 5.75 Å². The van der Waals surface area contributed by atoms with Crippen LogP contribution in [0.1, 0.15) is 69.0 Å². The van der Waals surface area contributed by atoms with Gasteiger partial charge >= 0.3 is 0 Å². The lowest BCUT2D eigenvalue weighted by Gasteiger charge is -2.40. The summed E-state index contributed by atoms with van der Waals surface area (Å²) < 4.78 is 6.23. The highest BCUT2D eigenvalue weighted by atomic mass is 16.5. The van der Waals surface area contributed by atoms with Crippen LogP contribution < -0.4 is 19.9 Å². The largest absolute Gasteiger partial charge is 0.488 e. The van der Waals surface area contributed by atoms with Crippen molar-refractivity contribution in [3.63, 3.8) is 0 Å². The van der Waals surface area contributed by atoms with E-state index in [1.165, 1.54) is 12.8 Å². The summed E-state index contributed by atoms with van der Waals surface area (Å²) in [5, 5.41) is 11.0. The van der Waals surface area contributed by atoms with Gasteiger partial charge in [-0.3, -0.25) is 44.3 Å². The van der Waals surface area contributed by atoms with E-state index in [4.69, 9.17) is 4.74 Å². The summed E-state index contributed by atoms with van der Waals surface area (Å²) in [5.74, 6) is 0.598. The first-order valence-electron chi connectivity index (χ1n) is 21.7. The van der Waals surface area contributed by atoms with Crippen molar-refractivity contribution in [3.05, 3.63) is 59.9 Å². The maximum atomic E-state index is 13.3. The van der Waals surface area contributed by atoms with Crippen molar-refractivity contribution in [2.24, 2.45) is 5.92 Å². The molecule has 2 aromatic carbocycles. The Morgan fingerprint density at radius 2 is 1.48 bits per heavy atom. The molecule has 1 aliphatic carbocycles. The number of benzene rings is 2. The average Bonchev–Trinajstić information content (AvgIpc) is 3.75. The molecule has 60 heavy (non-hydrogen) atoms. The van der Waals surface area contributed by atoms with Gasteiger partial charge in [0.1, 0.15) is 35.2 Å². The van der Waals surface area contributed by atoms with E-state index in [1.807, 2.05) is 18.2 Å². The monoisotopic (exact) mass is 819 g/mol. The Morgan fingerprint density at radius 1 is 0.767 bits per heavy atom. The van der Waals surface area contributed by atoms with E-state index in [1.54, 1.807) is 18.5 Å². The fourth-order valence-corrected chi connectivity index (χ4v) is 9.55. The van der Waals surface area contributed by atoms with Crippen LogP contribution >= 0.6 is 0 Å². The Hall–Kier alpha value is -5.45. The number of imide groups is 2. The molecule has 4 amide bonds. The average molecular weight is 820 g/mol. The van der Waals surface area contributed by atoms with Gasteiger partial charge in [0, 0.05) is 98.4 Å². The predicted molar refractivity (Wildman–Crippen MR) is 229 cm³/mol. The minimum Gasteiger partial charge on any atom is -0.488 e. The number of ether oxygens (including phenoxy) is 1. The Bertz CT molecular complexity index is 2320. The molecule has 318 valence electrons. The Kier molecular flexibility index (Phi) is 10.2. The number of nitrogens with zero attached hydrogens (tertiary/aromatic N) is 9. The summed E-state index contributed by atoms with van der Waals surface area (Å²) in [7, 11) is 0. The normalized spacial score (nSPS) is 23.1. The number of amides is 4. The van der Waals surface area contributed by atoms with Crippen molar-refractivity contribution in [1.29, 1.82) is 0 Å². The summed E-state index contributed by atoms with van der Waals surface area (Å²) in [6.07, 6.45) is 6.52. The zero-order valence-electron chi connectivity index (χ0n) is 34.3. The van der Waals surface area contributed by atoms with E-state index in [0.29, 0.717) is 17.0 Å². The van der Waals surface area contributed by atoms with E-state index < -0.39 is 23.8 Å². The highest BCUT2D eigenvalue weighted by Gasteiger charge is 2.45. The molecule has 0 radical (unpaired) electrons. The third-order valence-corrected chi connectivity index (χ3v) is 13.6. The van der Waals surface area contributed by atoms with E-state index in [9.17, 15) is 19.2 Å². The molecule has 2 aromatic heterocycles. The second-order valence-corrected chi connectivity index (χ2v) is 17.7. The smallest absolute Gasteiger partial charge is 0.262 e. The van der Waals surface area contributed by atoms with Crippen LogP contribution in [0.4, 0.5) is 11.5 Å². The highest BCUT2D eigenvalue weighted by molar-refractivity contribution is 6.23. The number of anilines is 2. The lowest BCUT2D eigenvalue weighted by molar-refractivity contribution is -0.136. The lowest BCUT2D eigenvalue weighted by Crippen LogP contribution is -2.54. The number of hydrogen-bond acceptors (Lipinski definition) is 13. The second-order valence-electron chi connectivity index (χ2n) is 17.7. The molecule has 16 nitrogen and oxygen atoms in total. The number of H-pyrrole nitrogens is 1. The zero-order valence-corrected chi connectivity index (χ0v) is 34.3. The first-order chi connectivity index (χ1) is 29.2. The minimum absolute atomic E-state index is 0. The summed E-state index contributed by atoms with van der Waals surface area (Å²) in [6.45, 7) is 15.2. The number of hydrogen-bond donors (Lipinski definition) is 2. The molecular formula is C44H57N11O5. The summed E-state index contributed by atoms with van der Waals surface area (Å²) in [5.41, 5.74) is 4.12. The van der Waals surface area contributed by atoms with Crippen LogP contribution in [0, 0.1) is 5.92 Å². The number of fused-ring (bicyclic) bond motifs is 2. The van der Waals surface area contributed by atoms with Crippen LogP contribution in [0.15, 0.2) is 48.8 Å². The first-order valence-corrected chi connectivity index (χ1v) is 21.7. The summed E-state index contributed by atoms with van der Waals surface area (Å²) in [6, 6.07) is 12.6. The van der Waals surface area contributed by atoms with Gasteiger partial charge in [-0.25, -0.2) is 9.97 Å². The van der Waals surface area contributed by atoms with Gasteiger partial charge < -0.3 is 19.4 Å². The standard InChI is InChI=1S/C44H53N11O5.2H2/c1-44(10-11-44)60-31-3-5-35-34(25-31)40(49-48-35)36-26-38(46-28-45-36)54-22-16-51(17-23-54)15-14-50-12-8-29(9-13-50)27-52-18-20-53(21-19-52)30-2-4-32-33(24-30)43(59)55(42(32)58)37-6-7-39(56)47-41(37)57;;/h2-5,24-26,28-29,37H,6-23,27H2,1H3,(H,48,49)(H,47,56,57);2*1H. The van der Waals surface area contributed by atoms with Crippen molar-refractivity contribution in [2.45, 2.75) is 57.1 Å². The number of rotatable bonds is 11. The summed E-state index contributed by atoms with van der Waals surface area (Å²) in [4.78, 5) is 73.3. The highest BCUT2D eigenvalue weighted by Crippen LogP contribution is 2.41. The molecule has 7 heterocycles. The van der Waals surface area contributed by atoms with Gasteiger partial charge in [0.05, 0.1) is 22.3 Å². The van der Waals surface area contributed by atoms with Gasteiger partial charge in [-0.1, -0.05) is 0 Å². The number of carbonyl (C=O) groups excluding carboxylic acids is 4. The van der Waals surface area contributed by atoms with Crippen LogP contribution in [0.2, 0.25) is 0 Å². The molecule has 1 saturated carbocycles. The van der Waals surface area contributed by atoms with E-state index in [0.717, 1.165) is 142 Å². The molecule has 6 aliphatic rings. The van der Waals surface area contributed by atoms with Crippen molar-refractivity contribution in [3.8, 4) is 17.1 Å². The summed E-state index contributed by atoms with van der Waals surface area (Å²) >= 11 is 0. The molecule has 5 fully saturated rings. The molecule has 2 N–H and O–H groups in total. The lowest BCUT2D eigenvalue weighted by atomic mass is 9.96. The predicted octanol–water partition coefficient (Wildman–Crippen LogP) is 3.50. The van der Waals surface area contributed by atoms with E-state index >= 15 is 0 Å². The van der Waals surface area contributed by atoms with Gasteiger partial charge in [-0.05, 0) is 94.4 Å². The third-order valence-electron chi connectivity index (χ3n) is 13.6. The molecule has 0 bridgehead atoms. The van der Waals surface area contributed by atoms with Gasteiger partial charge in [0.25, 0.3) is 11.8 Å². The Labute approximate surface area is 352 Å². The number of piperidine rings is 2. The van der Waals surface area contributed by atoms with Crippen molar-refractivity contribution >= 4 is 46.0 Å². The number of nitrogens with one attached hydrogen (secondary N) is 2. The van der Waals surface area contributed by atoms with Gasteiger partial charge in [0.15, 0.2) is 0 Å². The second kappa shape index (κ2) is 15.9. The fourth-order valence-electron chi connectivity index (χ4n) is 9.55. The first kappa shape index (κ1) is 38.7. The van der Waals surface area contributed by atoms with Crippen LogP contribution in [-0.4, -0.2) is 160 Å². The number of carbonyl (C=O) groups is 4. The van der Waals surface area contributed by atoms with Gasteiger partial charge in [0.2, 0.25) is 11.8 Å². The molecule has 0 spiro atoms. The minimum atomic E-state index is -0.955. The quantitative estimate of drug-likeness (QED) is 0.212. The van der Waals surface area contributed by atoms with E-state index in [2.05, 4.69) is 69.0 Å². The maximum absolute atomic E-state index is 13.3. The number of piperazine rings is 2. The third kappa shape index (κ3) is 7.83. The zero-order chi connectivity index (χ0) is 41.0. The molecule has 16 heteroatoms. The fraction of sp³-hybridized carbons (Fsp3) is 0.523. The van der Waals surface area contributed by atoms with Crippen molar-refractivity contribution < 1.29 is 26.8 Å². The number of aromatic nitrogens is 4. The molecule has 4 aromatic rings. The molecule has 10 rings (SSSR count). The topological polar surface area (TPSA) is 163 Å². The van der Waals surface area contributed by atoms with Gasteiger partial charge in [-0.2, -0.15) is 5.10 Å². The van der Waals surface area contributed by atoms with Crippen LogP contribution in [-0.2, 0) is 9.59 Å². The van der Waals surface area contributed by atoms with Gasteiger partial charge in [-0.15, -0.1) is 0 Å². The molecule has 4 saturated heterocycles. The van der Waals surface area contributed by atoms with Crippen LogP contribution in [0.25, 0.3) is 22.3 Å². The van der Waals surface area contributed by atoms with Crippen LogP contribution in [0.3, 0.4) is 0 Å². The van der Waals surface area contributed by atoms with Crippen molar-refractivity contribution in [1.82, 2.24) is 45.1 Å². The Balaban J connectivity index is 0.00000264. The maximum Gasteiger partial charge on any atom is 0.262 e. The number of aromatic amines is 1. The number of likely N-dealkylation sites (tertiary alicyclic amines) is 1. The van der Waals surface area contributed by atoms with E-state index in [-0.39, 0.29) is 27.2 Å².